The van der Waals surface area contributed by atoms with Crippen LogP contribution in [0.3, 0.4) is 0 Å². The van der Waals surface area contributed by atoms with Crippen molar-refractivity contribution in [2.45, 2.75) is 25.8 Å². The number of aliphatic hydroxyl groups is 1. The summed E-state index contributed by atoms with van der Waals surface area (Å²) in [5.74, 6) is 0. The fraction of sp³-hybridized carbons (Fsp3) is 0.600. The third kappa shape index (κ3) is 1.49. The average molecular weight is 238 g/mol. The van der Waals surface area contributed by atoms with Crippen LogP contribution >= 0.6 is 11.3 Å². The first-order chi connectivity index (χ1) is 7.78. The highest BCUT2D eigenvalue weighted by atomic mass is 32.1. The second-order valence-corrected chi connectivity index (χ2v) is 5.10. The SMILES string of the molecule is Cc1cn2nc(N3CCCC3CO)sc2n1. The highest BCUT2D eigenvalue weighted by Crippen LogP contribution is 2.29. The van der Waals surface area contributed by atoms with Gasteiger partial charge in [-0.1, -0.05) is 11.3 Å². The van der Waals surface area contributed by atoms with Crippen LogP contribution in [0.2, 0.25) is 0 Å². The molecule has 0 amide bonds. The lowest BCUT2D eigenvalue weighted by molar-refractivity contribution is 0.266. The molecule has 2 aromatic heterocycles. The summed E-state index contributed by atoms with van der Waals surface area (Å²) in [5, 5.41) is 14.8. The molecule has 0 aromatic carbocycles. The van der Waals surface area contributed by atoms with Gasteiger partial charge in [-0.05, 0) is 19.8 Å². The smallest absolute Gasteiger partial charge is 0.214 e. The maximum absolute atomic E-state index is 9.28. The van der Waals surface area contributed by atoms with Gasteiger partial charge in [0.25, 0.3) is 0 Å². The monoisotopic (exact) mass is 238 g/mol. The van der Waals surface area contributed by atoms with Gasteiger partial charge in [-0.3, -0.25) is 0 Å². The maximum Gasteiger partial charge on any atom is 0.214 e. The Kier molecular flexibility index (Phi) is 2.33. The number of aryl methyl sites for hydroxylation is 1. The molecule has 0 spiro atoms. The summed E-state index contributed by atoms with van der Waals surface area (Å²) >= 11 is 1.59. The quantitative estimate of drug-likeness (QED) is 0.850. The summed E-state index contributed by atoms with van der Waals surface area (Å²) < 4.78 is 1.82. The lowest BCUT2D eigenvalue weighted by atomic mass is 10.2. The summed E-state index contributed by atoms with van der Waals surface area (Å²) in [6.07, 6.45) is 4.11. The van der Waals surface area contributed by atoms with Gasteiger partial charge in [0.2, 0.25) is 10.1 Å². The van der Waals surface area contributed by atoms with Crippen LogP contribution < -0.4 is 4.90 Å². The second-order valence-electron chi connectivity index (χ2n) is 4.17. The van der Waals surface area contributed by atoms with E-state index in [1.54, 1.807) is 11.3 Å². The molecule has 1 unspecified atom stereocenters. The topological polar surface area (TPSA) is 53.7 Å². The van der Waals surface area contributed by atoms with Crippen LogP contribution in [0.5, 0.6) is 0 Å². The number of aliphatic hydroxyl groups excluding tert-OH is 1. The first-order valence-corrected chi connectivity index (χ1v) is 6.30. The van der Waals surface area contributed by atoms with Crippen molar-refractivity contribution >= 4 is 21.4 Å². The lowest BCUT2D eigenvalue weighted by Gasteiger charge is -2.21. The predicted octanol–water partition coefficient (Wildman–Crippen LogP) is 1.06. The summed E-state index contributed by atoms with van der Waals surface area (Å²) in [7, 11) is 0. The fourth-order valence-corrected chi connectivity index (χ4v) is 3.22. The number of fused-ring (bicyclic) bond motifs is 1. The van der Waals surface area contributed by atoms with Gasteiger partial charge in [-0.25, -0.2) is 9.50 Å². The Hall–Kier alpha value is -1.14. The molecule has 0 bridgehead atoms. The van der Waals surface area contributed by atoms with Crippen LogP contribution in [0, 0.1) is 6.92 Å². The Bertz CT molecular complexity index is 474. The van der Waals surface area contributed by atoms with Gasteiger partial charge in [0.05, 0.1) is 24.5 Å². The molecular weight excluding hydrogens is 224 g/mol. The Balaban J connectivity index is 1.96. The summed E-state index contributed by atoms with van der Waals surface area (Å²) in [4.78, 5) is 7.50. The normalized spacial score (nSPS) is 21.1. The number of rotatable bonds is 2. The Morgan fingerprint density at radius 3 is 3.25 bits per heavy atom. The maximum atomic E-state index is 9.28. The molecule has 0 saturated carbocycles. The van der Waals surface area contributed by atoms with Crippen LogP contribution in [0.15, 0.2) is 6.20 Å². The van der Waals surface area contributed by atoms with Gasteiger partial charge < -0.3 is 10.0 Å². The molecule has 5 nitrogen and oxygen atoms in total. The lowest BCUT2D eigenvalue weighted by Crippen LogP contribution is -2.31. The van der Waals surface area contributed by atoms with Crippen molar-refractivity contribution in [1.82, 2.24) is 14.6 Å². The molecule has 1 N–H and O–H groups in total. The number of aromatic nitrogens is 3. The highest BCUT2D eigenvalue weighted by Gasteiger charge is 2.26. The van der Waals surface area contributed by atoms with Crippen LogP contribution in [0.4, 0.5) is 5.13 Å². The van der Waals surface area contributed by atoms with Crippen LogP contribution in [0.25, 0.3) is 4.96 Å². The minimum Gasteiger partial charge on any atom is -0.394 e. The zero-order chi connectivity index (χ0) is 11.1. The van der Waals surface area contributed by atoms with Gasteiger partial charge in [0, 0.05) is 6.54 Å². The Morgan fingerprint density at radius 1 is 1.62 bits per heavy atom. The average Bonchev–Trinajstić information content (AvgIpc) is 2.88. The van der Waals surface area contributed by atoms with E-state index >= 15 is 0 Å². The third-order valence-electron chi connectivity index (χ3n) is 2.99. The molecule has 3 rings (SSSR count). The highest BCUT2D eigenvalue weighted by molar-refractivity contribution is 7.20. The molecule has 1 atom stereocenters. The van der Waals surface area contributed by atoms with Crippen molar-refractivity contribution in [1.29, 1.82) is 0 Å². The van der Waals surface area contributed by atoms with E-state index in [4.69, 9.17) is 0 Å². The molecule has 16 heavy (non-hydrogen) atoms. The van der Waals surface area contributed by atoms with E-state index in [1.165, 1.54) is 0 Å². The molecular formula is C10H14N4OS. The van der Waals surface area contributed by atoms with Crippen molar-refractivity contribution < 1.29 is 5.11 Å². The summed E-state index contributed by atoms with van der Waals surface area (Å²) in [6, 6.07) is 0.233. The molecule has 0 aliphatic carbocycles. The minimum absolute atomic E-state index is 0.209. The molecule has 6 heteroatoms. The van der Waals surface area contributed by atoms with Crippen molar-refractivity contribution in [3.63, 3.8) is 0 Å². The van der Waals surface area contributed by atoms with Crippen LogP contribution in [-0.2, 0) is 0 Å². The van der Waals surface area contributed by atoms with E-state index in [9.17, 15) is 5.11 Å². The van der Waals surface area contributed by atoms with E-state index in [1.807, 2.05) is 17.6 Å². The predicted molar refractivity (Wildman–Crippen MR) is 63.1 cm³/mol. The molecule has 86 valence electrons. The van der Waals surface area contributed by atoms with Crippen LogP contribution in [-0.4, -0.2) is 38.9 Å². The van der Waals surface area contributed by atoms with Gasteiger partial charge in [-0.2, -0.15) is 0 Å². The summed E-state index contributed by atoms with van der Waals surface area (Å²) in [6.45, 7) is 3.16. The van der Waals surface area contributed by atoms with Crippen molar-refractivity contribution in [3.05, 3.63) is 11.9 Å². The van der Waals surface area contributed by atoms with Crippen molar-refractivity contribution in [2.24, 2.45) is 0 Å². The standard InChI is InChI=1S/C10H14N4OS/c1-7-5-14-9(11-7)16-10(12-14)13-4-2-3-8(13)6-15/h5,8,15H,2-4,6H2,1H3. The second kappa shape index (κ2) is 3.71. The Morgan fingerprint density at radius 2 is 2.50 bits per heavy atom. The Labute approximate surface area is 97.3 Å². The van der Waals surface area contributed by atoms with Gasteiger partial charge >= 0.3 is 0 Å². The molecule has 0 radical (unpaired) electrons. The first kappa shape index (κ1) is 10.0. The van der Waals surface area contributed by atoms with Crippen molar-refractivity contribution in [3.8, 4) is 0 Å². The molecule has 1 aliphatic rings. The number of hydrogen-bond acceptors (Lipinski definition) is 5. The molecule has 3 heterocycles. The van der Waals surface area contributed by atoms with Gasteiger partial charge in [0.15, 0.2) is 0 Å². The molecule has 1 aliphatic heterocycles. The van der Waals surface area contributed by atoms with E-state index in [-0.39, 0.29) is 12.6 Å². The number of hydrogen-bond donors (Lipinski definition) is 1. The van der Waals surface area contributed by atoms with Crippen molar-refractivity contribution in [2.75, 3.05) is 18.1 Å². The molecule has 1 fully saturated rings. The number of anilines is 1. The van der Waals surface area contributed by atoms with E-state index in [0.29, 0.717) is 0 Å². The van der Waals surface area contributed by atoms with E-state index < -0.39 is 0 Å². The van der Waals surface area contributed by atoms with E-state index in [2.05, 4.69) is 15.0 Å². The summed E-state index contributed by atoms with van der Waals surface area (Å²) in [5.41, 5.74) is 0.991. The molecule has 2 aromatic rings. The molecule has 1 saturated heterocycles. The van der Waals surface area contributed by atoms with Gasteiger partial charge in [0.1, 0.15) is 0 Å². The zero-order valence-corrected chi connectivity index (χ0v) is 9.94. The van der Waals surface area contributed by atoms with E-state index in [0.717, 1.165) is 35.2 Å². The fourth-order valence-electron chi connectivity index (χ4n) is 2.19. The number of nitrogens with zero attached hydrogens (tertiary/aromatic N) is 4. The third-order valence-corrected chi connectivity index (χ3v) is 3.95. The number of imidazole rings is 1. The largest absolute Gasteiger partial charge is 0.394 e. The minimum atomic E-state index is 0.209. The first-order valence-electron chi connectivity index (χ1n) is 5.48. The van der Waals surface area contributed by atoms with Crippen LogP contribution in [0.1, 0.15) is 18.5 Å². The zero-order valence-electron chi connectivity index (χ0n) is 9.13. The van der Waals surface area contributed by atoms with Gasteiger partial charge in [-0.15, -0.1) is 5.10 Å².